The molecule has 24 heavy (non-hydrogen) atoms. The van der Waals surface area contributed by atoms with Crippen LogP contribution in [0, 0.1) is 0 Å². The normalized spacial score (nSPS) is 12.0. The maximum absolute atomic E-state index is 10.4. The Morgan fingerprint density at radius 3 is 2.12 bits per heavy atom. The predicted octanol–water partition coefficient (Wildman–Crippen LogP) is 1.21. The van der Waals surface area contributed by atoms with Gasteiger partial charge in [0.15, 0.2) is 0 Å². The van der Waals surface area contributed by atoms with Gasteiger partial charge in [-0.25, -0.2) is 9.59 Å². The summed E-state index contributed by atoms with van der Waals surface area (Å²) in [5.41, 5.74) is 0. The molecule has 0 fully saturated rings. The van der Waals surface area contributed by atoms with Crippen molar-refractivity contribution in [3.8, 4) is 0 Å². The summed E-state index contributed by atoms with van der Waals surface area (Å²) < 4.78 is 0. The highest BCUT2D eigenvalue weighted by Gasteiger charge is 2.20. The van der Waals surface area contributed by atoms with Crippen molar-refractivity contribution in [2.45, 2.75) is 31.8 Å². The van der Waals surface area contributed by atoms with Crippen molar-refractivity contribution in [1.29, 1.82) is 0 Å². The van der Waals surface area contributed by atoms with Crippen LogP contribution in [0.4, 0.5) is 9.80 Å². The number of carboxylic acid groups (broad SMARTS) is 4. The highest BCUT2D eigenvalue weighted by atomic mass is 32.1. The number of thiophene rings is 1. The van der Waals surface area contributed by atoms with E-state index in [4.69, 9.17) is 20.4 Å². The summed E-state index contributed by atoms with van der Waals surface area (Å²) in [5.74, 6) is -3.39. The van der Waals surface area contributed by atoms with Crippen LogP contribution in [0.25, 0.3) is 0 Å². The van der Waals surface area contributed by atoms with Crippen molar-refractivity contribution in [3.63, 3.8) is 0 Å². The predicted molar refractivity (Wildman–Crippen MR) is 84.5 cm³/mol. The van der Waals surface area contributed by atoms with Gasteiger partial charge in [-0.2, -0.15) is 0 Å². The fourth-order valence-electron chi connectivity index (χ4n) is 1.31. The molecule has 0 radical (unpaired) electrons. The number of rotatable bonds is 8. The molecule has 0 saturated heterocycles. The second-order valence-electron chi connectivity index (χ2n) is 4.45. The lowest BCUT2D eigenvalue weighted by molar-refractivity contribution is -0.141. The molecular weight excluding hydrogens is 344 g/mol. The Kier molecular flexibility index (Phi) is 9.56. The molecule has 0 aliphatic carbocycles. The third-order valence-electron chi connectivity index (χ3n) is 2.49. The number of hydrogen-bond acceptors (Lipinski definition) is 6. The van der Waals surface area contributed by atoms with Gasteiger partial charge in [0.2, 0.25) is 0 Å². The fourth-order valence-corrected chi connectivity index (χ4v) is 2.02. The van der Waals surface area contributed by atoms with Crippen molar-refractivity contribution in [2.24, 2.45) is 0 Å². The molecule has 0 bridgehead atoms. The first-order valence-corrected chi connectivity index (χ1v) is 7.48. The largest absolute Gasteiger partial charge is 0.481 e. The van der Waals surface area contributed by atoms with Gasteiger partial charge in [0.05, 0.1) is 5.00 Å². The molecule has 0 aliphatic heterocycles. The Bertz CT molecular complexity index is 560. The summed E-state index contributed by atoms with van der Waals surface area (Å²) in [6.45, 7) is 1.61. The van der Waals surface area contributed by atoms with Gasteiger partial charge < -0.3 is 31.1 Å². The minimum atomic E-state index is -1.49. The standard InChI is InChI=1S/C7H9NO2S.C6H9NO6/c1-5(7(9)10)8-6-3-2-4-11-6;8-4(9)2-1-3(5(10)11)7-6(12)13/h2-5,8H,1H3,(H,9,10);3,7H,1-2H2,(H,8,9)(H,10,11)(H,12,13)/t5-;3-/m00/s1. The van der Waals surface area contributed by atoms with E-state index in [1.54, 1.807) is 12.2 Å². The van der Waals surface area contributed by atoms with Gasteiger partial charge in [0.1, 0.15) is 12.1 Å². The van der Waals surface area contributed by atoms with E-state index in [1.807, 2.05) is 17.5 Å². The van der Waals surface area contributed by atoms with E-state index in [2.05, 4.69) is 5.32 Å². The van der Waals surface area contributed by atoms with Crippen LogP contribution in [0.5, 0.6) is 0 Å². The van der Waals surface area contributed by atoms with Gasteiger partial charge in [-0.3, -0.25) is 9.59 Å². The van der Waals surface area contributed by atoms with Gasteiger partial charge in [0.25, 0.3) is 0 Å². The monoisotopic (exact) mass is 362 g/mol. The molecule has 10 nitrogen and oxygen atoms in total. The SMILES string of the molecule is C[C@H](Nc1cccs1)C(=O)O.O=C(O)CC[C@H](NC(=O)O)C(=O)O. The summed E-state index contributed by atoms with van der Waals surface area (Å²) in [4.78, 5) is 40.8. The van der Waals surface area contributed by atoms with Gasteiger partial charge in [0, 0.05) is 6.42 Å². The van der Waals surface area contributed by atoms with Gasteiger partial charge in [-0.1, -0.05) is 0 Å². The molecule has 1 amide bonds. The lowest BCUT2D eigenvalue weighted by Gasteiger charge is -2.09. The molecule has 1 rings (SSSR count). The third kappa shape index (κ3) is 10.00. The van der Waals surface area contributed by atoms with Crippen LogP contribution >= 0.6 is 11.3 Å². The van der Waals surface area contributed by atoms with Crippen LogP contribution in [0.15, 0.2) is 17.5 Å². The summed E-state index contributed by atoms with van der Waals surface area (Å²) >= 11 is 1.49. The Morgan fingerprint density at radius 1 is 1.12 bits per heavy atom. The molecule has 1 aromatic heterocycles. The average Bonchev–Trinajstić information content (AvgIpc) is 2.96. The zero-order valence-corrected chi connectivity index (χ0v) is 13.4. The first-order chi connectivity index (χ1) is 11.1. The first-order valence-electron chi connectivity index (χ1n) is 6.60. The third-order valence-corrected chi connectivity index (χ3v) is 3.29. The van der Waals surface area contributed by atoms with Crippen LogP contribution in [-0.4, -0.2) is 56.5 Å². The average molecular weight is 362 g/mol. The van der Waals surface area contributed by atoms with Crippen molar-refractivity contribution in [1.82, 2.24) is 5.32 Å². The Balaban J connectivity index is 0.000000446. The zero-order valence-electron chi connectivity index (χ0n) is 12.6. The second-order valence-corrected chi connectivity index (χ2v) is 5.40. The van der Waals surface area contributed by atoms with Gasteiger partial charge >= 0.3 is 24.0 Å². The quantitative estimate of drug-likeness (QED) is 0.397. The molecule has 11 heteroatoms. The molecule has 0 saturated carbocycles. The summed E-state index contributed by atoms with van der Waals surface area (Å²) in [6.07, 6.45) is -2.15. The minimum Gasteiger partial charge on any atom is -0.481 e. The number of hydrogen-bond donors (Lipinski definition) is 6. The lowest BCUT2D eigenvalue weighted by atomic mass is 10.1. The molecule has 0 aromatic carbocycles. The summed E-state index contributed by atoms with van der Waals surface area (Å²) in [5, 5.41) is 40.6. The molecule has 6 N–H and O–H groups in total. The summed E-state index contributed by atoms with van der Waals surface area (Å²) in [7, 11) is 0. The lowest BCUT2D eigenvalue weighted by Crippen LogP contribution is -2.40. The molecule has 0 unspecified atom stereocenters. The number of carbonyl (C=O) groups is 4. The molecular formula is C13H18N2O8S. The van der Waals surface area contributed by atoms with Crippen LogP contribution in [-0.2, 0) is 14.4 Å². The van der Waals surface area contributed by atoms with Crippen molar-refractivity contribution >= 4 is 40.3 Å². The Morgan fingerprint density at radius 2 is 1.75 bits per heavy atom. The Labute approximate surface area is 140 Å². The van der Waals surface area contributed by atoms with E-state index in [9.17, 15) is 19.2 Å². The van der Waals surface area contributed by atoms with E-state index in [-0.39, 0.29) is 6.42 Å². The highest BCUT2D eigenvalue weighted by molar-refractivity contribution is 7.14. The van der Waals surface area contributed by atoms with Gasteiger partial charge in [-0.05, 0) is 30.9 Å². The van der Waals surface area contributed by atoms with E-state index in [1.165, 1.54) is 11.3 Å². The molecule has 2 atom stereocenters. The summed E-state index contributed by atoms with van der Waals surface area (Å²) in [6, 6.07) is 1.84. The number of aliphatic carboxylic acids is 3. The molecule has 0 spiro atoms. The Hall–Kier alpha value is -2.82. The van der Waals surface area contributed by atoms with Crippen molar-refractivity contribution in [3.05, 3.63) is 17.5 Å². The topological polar surface area (TPSA) is 173 Å². The van der Waals surface area contributed by atoms with Crippen LogP contribution in [0.1, 0.15) is 19.8 Å². The van der Waals surface area contributed by atoms with Crippen molar-refractivity contribution < 1.29 is 39.6 Å². The number of anilines is 1. The fraction of sp³-hybridized carbons (Fsp3) is 0.385. The van der Waals surface area contributed by atoms with Crippen LogP contribution in [0.2, 0.25) is 0 Å². The van der Waals surface area contributed by atoms with E-state index in [0.717, 1.165) is 5.00 Å². The molecule has 1 heterocycles. The van der Waals surface area contributed by atoms with Crippen LogP contribution in [0.3, 0.4) is 0 Å². The minimum absolute atomic E-state index is 0.267. The first kappa shape index (κ1) is 21.2. The maximum atomic E-state index is 10.4. The molecule has 134 valence electrons. The van der Waals surface area contributed by atoms with E-state index in [0.29, 0.717) is 0 Å². The van der Waals surface area contributed by atoms with Gasteiger partial charge in [-0.15, -0.1) is 11.3 Å². The van der Waals surface area contributed by atoms with Crippen LogP contribution < -0.4 is 10.6 Å². The number of amides is 1. The van der Waals surface area contributed by atoms with Crippen molar-refractivity contribution in [2.75, 3.05) is 5.32 Å². The molecule has 1 aromatic rings. The highest BCUT2D eigenvalue weighted by Crippen LogP contribution is 2.15. The van der Waals surface area contributed by atoms with E-state index < -0.39 is 42.5 Å². The maximum Gasteiger partial charge on any atom is 0.405 e. The second kappa shape index (κ2) is 10.8. The number of nitrogens with one attached hydrogen (secondary N) is 2. The molecule has 0 aliphatic rings. The zero-order chi connectivity index (χ0) is 18.7. The smallest absolute Gasteiger partial charge is 0.405 e. The van der Waals surface area contributed by atoms with E-state index >= 15 is 0 Å². The number of carboxylic acids is 3.